The average molecular weight is 256 g/mol. The molecule has 0 bridgehead atoms. The number of hydrogen-bond acceptors (Lipinski definition) is 3. The molecule has 19 heavy (non-hydrogen) atoms. The average Bonchev–Trinajstić information content (AvgIpc) is 2.47. The quantitative estimate of drug-likeness (QED) is 0.884. The molecule has 1 aromatic carbocycles. The van der Waals surface area contributed by atoms with Crippen molar-refractivity contribution in [1.82, 2.24) is 4.98 Å². The predicted octanol–water partition coefficient (Wildman–Crippen LogP) is 2.21. The van der Waals surface area contributed by atoms with Crippen molar-refractivity contribution < 1.29 is 4.79 Å². The van der Waals surface area contributed by atoms with Crippen molar-refractivity contribution in [2.75, 3.05) is 17.3 Å². The lowest BCUT2D eigenvalue weighted by Crippen LogP contribution is -2.31. The van der Waals surface area contributed by atoms with Gasteiger partial charge in [0, 0.05) is 25.5 Å². The van der Waals surface area contributed by atoms with Gasteiger partial charge in [0.25, 0.3) is 0 Å². The highest BCUT2D eigenvalue weighted by Gasteiger charge is 2.10. The second-order valence-electron chi connectivity index (χ2n) is 4.10. The van der Waals surface area contributed by atoms with Crippen molar-refractivity contribution in [3.05, 3.63) is 54.4 Å². The van der Waals surface area contributed by atoms with Crippen LogP contribution in [0.25, 0.3) is 0 Å². The molecule has 1 heterocycles. The van der Waals surface area contributed by atoms with Crippen molar-refractivity contribution in [2.45, 2.75) is 6.54 Å². The number of benzene rings is 1. The Kier molecular flexibility index (Phi) is 4.10. The molecule has 2 rings (SSSR count). The molecule has 3 N–H and O–H groups in total. The third-order valence-electron chi connectivity index (χ3n) is 2.75. The minimum atomic E-state index is -0.220. The largest absolute Gasteiger partial charge is 0.326 e. The first kappa shape index (κ1) is 13.0. The molecule has 0 aliphatic heterocycles. The summed E-state index contributed by atoms with van der Waals surface area (Å²) >= 11 is 0. The van der Waals surface area contributed by atoms with Crippen molar-refractivity contribution in [3.8, 4) is 0 Å². The number of urea groups is 1. The number of pyridine rings is 1. The van der Waals surface area contributed by atoms with E-state index in [2.05, 4.69) is 10.3 Å². The van der Waals surface area contributed by atoms with Gasteiger partial charge < -0.3 is 11.1 Å². The van der Waals surface area contributed by atoms with Gasteiger partial charge in [-0.3, -0.25) is 9.88 Å². The van der Waals surface area contributed by atoms with E-state index in [0.29, 0.717) is 6.54 Å². The Bertz CT molecular complexity index is 556. The second kappa shape index (κ2) is 5.97. The maximum absolute atomic E-state index is 12.1. The number of carbonyl (C=O) groups is 1. The molecule has 5 heteroatoms. The van der Waals surface area contributed by atoms with Gasteiger partial charge in [-0.1, -0.05) is 12.1 Å². The lowest BCUT2D eigenvalue weighted by Gasteiger charge is -2.17. The van der Waals surface area contributed by atoms with Crippen LogP contribution in [0.3, 0.4) is 0 Å². The number of carbonyl (C=O) groups excluding carboxylic acids is 1. The number of anilines is 2. The number of hydrogen-bond donors (Lipinski definition) is 2. The highest BCUT2D eigenvalue weighted by molar-refractivity contribution is 6.01. The zero-order chi connectivity index (χ0) is 13.7. The lowest BCUT2D eigenvalue weighted by molar-refractivity contribution is 0.258. The summed E-state index contributed by atoms with van der Waals surface area (Å²) in [7, 11) is 1.69. The Morgan fingerprint density at radius 1 is 1.37 bits per heavy atom. The summed E-state index contributed by atoms with van der Waals surface area (Å²) in [6.45, 7) is 0.447. The van der Waals surface area contributed by atoms with Crippen molar-refractivity contribution in [3.63, 3.8) is 0 Å². The van der Waals surface area contributed by atoms with E-state index in [4.69, 9.17) is 5.73 Å². The van der Waals surface area contributed by atoms with Gasteiger partial charge >= 0.3 is 6.03 Å². The van der Waals surface area contributed by atoms with Crippen LogP contribution in [0, 0.1) is 0 Å². The van der Waals surface area contributed by atoms with Crippen LogP contribution in [0.15, 0.2) is 48.8 Å². The fraction of sp³-hybridized carbons (Fsp3) is 0.143. The highest BCUT2D eigenvalue weighted by atomic mass is 16.2. The zero-order valence-corrected chi connectivity index (χ0v) is 10.7. The Hall–Kier alpha value is -2.40. The van der Waals surface area contributed by atoms with E-state index in [1.54, 1.807) is 25.5 Å². The molecule has 0 aliphatic carbocycles. The first-order chi connectivity index (χ1) is 9.20. The SMILES string of the molecule is CN(C(=O)Nc1cccc(CN)c1)c1cccnc1. The molecule has 5 nitrogen and oxygen atoms in total. The molecular formula is C14H16N4O. The molecule has 2 amide bonds. The summed E-state index contributed by atoms with van der Waals surface area (Å²) in [6, 6.07) is 10.9. The van der Waals surface area contributed by atoms with Crippen LogP contribution >= 0.6 is 0 Å². The fourth-order valence-electron chi connectivity index (χ4n) is 1.65. The molecule has 0 saturated heterocycles. The smallest absolute Gasteiger partial charge is 0.326 e. The van der Waals surface area contributed by atoms with E-state index in [1.165, 1.54) is 4.90 Å². The molecule has 0 radical (unpaired) electrons. The molecule has 0 spiro atoms. The van der Waals surface area contributed by atoms with Crippen LogP contribution in [-0.2, 0) is 6.54 Å². The number of amides is 2. The third kappa shape index (κ3) is 3.29. The van der Waals surface area contributed by atoms with Crippen LogP contribution in [0.2, 0.25) is 0 Å². The Labute approximate surface area is 112 Å². The summed E-state index contributed by atoms with van der Waals surface area (Å²) < 4.78 is 0. The van der Waals surface area contributed by atoms with Crippen LogP contribution < -0.4 is 16.0 Å². The van der Waals surface area contributed by atoms with Gasteiger partial charge in [0.05, 0.1) is 11.9 Å². The number of nitrogens with two attached hydrogens (primary N) is 1. The summed E-state index contributed by atoms with van der Waals surface area (Å²) in [6.07, 6.45) is 3.30. The van der Waals surface area contributed by atoms with Crippen LogP contribution in [-0.4, -0.2) is 18.1 Å². The van der Waals surface area contributed by atoms with Gasteiger partial charge in [-0.05, 0) is 29.8 Å². The molecule has 0 aliphatic rings. The second-order valence-corrected chi connectivity index (χ2v) is 4.10. The minimum absolute atomic E-state index is 0.220. The maximum atomic E-state index is 12.1. The topological polar surface area (TPSA) is 71.2 Å². The standard InChI is InChI=1S/C14H16N4O/c1-18(13-6-3-7-16-10-13)14(19)17-12-5-2-4-11(8-12)9-15/h2-8,10H,9,15H2,1H3,(H,17,19). The van der Waals surface area contributed by atoms with Crippen LogP contribution in [0.5, 0.6) is 0 Å². The molecular weight excluding hydrogens is 240 g/mol. The minimum Gasteiger partial charge on any atom is -0.326 e. The zero-order valence-electron chi connectivity index (χ0n) is 10.7. The molecule has 2 aromatic rings. The molecule has 0 unspecified atom stereocenters. The molecule has 0 saturated carbocycles. The van der Waals surface area contributed by atoms with Gasteiger partial charge in [0.2, 0.25) is 0 Å². The van der Waals surface area contributed by atoms with Crippen LogP contribution in [0.1, 0.15) is 5.56 Å². The molecule has 0 fully saturated rings. The molecule has 0 atom stereocenters. The number of nitrogens with zero attached hydrogens (tertiary/aromatic N) is 2. The van der Waals surface area contributed by atoms with Gasteiger partial charge in [-0.25, -0.2) is 4.79 Å². The number of aromatic nitrogens is 1. The summed E-state index contributed by atoms with van der Waals surface area (Å²) in [5.74, 6) is 0. The van der Waals surface area contributed by atoms with E-state index >= 15 is 0 Å². The monoisotopic (exact) mass is 256 g/mol. The van der Waals surface area contributed by atoms with Crippen LogP contribution in [0.4, 0.5) is 16.2 Å². The van der Waals surface area contributed by atoms with Gasteiger partial charge in [0.15, 0.2) is 0 Å². The van der Waals surface area contributed by atoms with Gasteiger partial charge in [-0.15, -0.1) is 0 Å². The van der Waals surface area contributed by atoms with Gasteiger partial charge in [0.1, 0.15) is 0 Å². The maximum Gasteiger partial charge on any atom is 0.326 e. The van der Waals surface area contributed by atoms with E-state index in [0.717, 1.165) is 16.9 Å². The van der Waals surface area contributed by atoms with E-state index in [9.17, 15) is 4.79 Å². The summed E-state index contributed by atoms with van der Waals surface area (Å²) in [5.41, 5.74) is 8.00. The van der Waals surface area contributed by atoms with Crippen molar-refractivity contribution in [2.24, 2.45) is 5.73 Å². The predicted molar refractivity (Wildman–Crippen MR) is 76.0 cm³/mol. The normalized spacial score (nSPS) is 10.0. The van der Waals surface area contributed by atoms with E-state index < -0.39 is 0 Å². The number of nitrogens with one attached hydrogen (secondary N) is 1. The highest BCUT2D eigenvalue weighted by Crippen LogP contribution is 2.14. The summed E-state index contributed by atoms with van der Waals surface area (Å²) in [5, 5.41) is 2.82. The summed E-state index contributed by atoms with van der Waals surface area (Å²) in [4.78, 5) is 17.6. The first-order valence-corrected chi connectivity index (χ1v) is 5.94. The fourth-order valence-corrected chi connectivity index (χ4v) is 1.65. The molecule has 1 aromatic heterocycles. The van der Waals surface area contributed by atoms with Crippen molar-refractivity contribution >= 4 is 17.4 Å². The number of rotatable bonds is 3. The lowest BCUT2D eigenvalue weighted by atomic mass is 10.2. The van der Waals surface area contributed by atoms with Crippen molar-refractivity contribution in [1.29, 1.82) is 0 Å². The third-order valence-corrected chi connectivity index (χ3v) is 2.75. The molecule has 98 valence electrons. The Morgan fingerprint density at radius 2 is 2.21 bits per heavy atom. The first-order valence-electron chi connectivity index (χ1n) is 5.94. The Balaban J connectivity index is 2.08. The van der Waals surface area contributed by atoms with E-state index in [-0.39, 0.29) is 6.03 Å². The van der Waals surface area contributed by atoms with E-state index in [1.807, 2.05) is 30.3 Å². The Morgan fingerprint density at radius 3 is 2.89 bits per heavy atom. The van der Waals surface area contributed by atoms with Gasteiger partial charge in [-0.2, -0.15) is 0 Å².